The van der Waals surface area contributed by atoms with Gasteiger partial charge in [-0.3, -0.25) is 14.9 Å². The number of non-ortho nitro benzene ring substituents is 1. The van der Waals surface area contributed by atoms with E-state index in [9.17, 15) is 14.9 Å². The molecule has 1 N–H and O–H groups in total. The second kappa shape index (κ2) is 6.67. The molecule has 1 aromatic rings. The van der Waals surface area contributed by atoms with Crippen molar-refractivity contribution in [3.05, 3.63) is 33.9 Å². The number of nitro groups is 1. The van der Waals surface area contributed by atoms with E-state index in [2.05, 4.69) is 12.2 Å². The van der Waals surface area contributed by atoms with Crippen molar-refractivity contribution in [2.45, 2.75) is 26.2 Å². The van der Waals surface area contributed by atoms with E-state index in [1.54, 1.807) is 17.0 Å². The predicted octanol–water partition coefficient (Wildman–Crippen LogP) is 2.12. The topological polar surface area (TPSA) is 75.5 Å². The zero-order valence-electron chi connectivity index (χ0n) is 12.5. The van der Waals surface area contributed by atoms with Crippen LogP contribution in [0, 0.1) is 16.0 Å². The van der Waals surface area contributed by atoms with Gasteiger partial charge in [0.05, 0.1) is 4.92 Å². The quantitative estimate of drug-likeness (QED) is 0.666. The molecule has 0 aliphatic carbocycles. The summed E-state index contributed by atoms with van der Waals surface area (Å²) in [6.07, 6.45) is 1.94. The largest absolute Gasteiger partial charge is 0.319 e. The van der Waals surface area contributed by atoms with Gasteiger partial charge in [-0.2, -0.15) is 0 Å². The first-order valence-corrected chi connectivity index (χ1v) is 7.25. The number of carbonyl (C=O) groups is 1. The maximum atomic E-state index is 12.3. The van der Waals surface area contributed by atoms with Gasteiger partial charge in [-0.05, 0) is 44.0 Å². The summed E-state index contributed by atoms with van der Waals surface area (Å²) in [7, 11) is 1.89. The molecule has 1 aliphatic rings. The van der Waals surface area contributed by atoms with Crippen molar-refractivity contribution in [2.24, 2.45) is 5.92 Å². The van der Waals surface area contributed by atoms with E-state index < -0.39 is 0 Å². The molecule has 6 nitrogen and oxygen atoms in total. The average molecular weight is 291 g/mol. The second-order valence-corrected chi connectivity index (χ2v) is 5.59. The molecule has 1 heterocycles. The molecule has 21 heavy (non-hydrogen) atoms. The lowest BCUT2D eigenvalue weighted by Gasteiger charge is -2.26. The van der Waals surface area contributed by atoms with Gasteiger partial charge in [0.15, 0.2) is 0 Å². The molecule has 1 aromatic carbocycles. The summed E-state index contributed by atoms with van der Waals surface area (Å²) < 4.78 is 0. The highest BCUT2D eigenvalue weighted by Crippen LogP contribution is 2.30. The minimum atomic E-state index is -0.388. The third-order valence-corrected chi connectivity index (χ3v) is 3.75. The average Bonchev–Trinajstić information content (AvgIpc) is 2.59. The maximum Gasteiger partial charge on any atom is 0.269 e. The Morgan fingerprint density at radius 2 is 2.19 bits per heavy atom. The SMILES string of the molecule is CNCC(C)CN1C(=O)CCCc2cc([N+](=O)[O-])ccc21. The normalized spacial score (nSPS) is 16.3. The van der Waals surface area contributed by atoms with Crippen LogP contribution in [-0.4, -0.2) is 31.0 Å². The number of nitrogens with one attached hydrogen (secondary N) is 1. The Morgan fingerprint density at radius 1 is 1.43 bits per heavy atom. The standard InChI is InChI=1S/C15H21N3O3/c1-11(9-16-2)10-17-14-7-6-13(18(20)21)8-12(14)4-3-5-15(17)19/h6-8,11,16H,3-5,9-10H2,1-2H3. The van der Waals surface area contributed by atoms with E-state index in [-0.39, 0.29) is 16.5 Å². The summed E-state index contributed by atoms with van der Waals surface area (Å²) in [5, 5.41) is 14.0. The Balaban J connectivity index is 2.32. The van der Waals surface area contributed by atoms with Crippen LogP contribution in [0.5, 0.6) is 0 Å². The highest BCUT2D eigenvalue weighted by Gasteiger charge is 2.25. The van der Waals surface area contributed by atoms with E-state index in [4.69, 9.17) is 0 Å². The van der Waals surface area contributed by atoms with E-state index in [0.29, 0.717) is 25.3 Å². The lowest BCUT2D eigenvalue weighted by atomic mass is 10.1. The minimum absolute atomic E-state index is 0.0892. The van der Waals surface area contributed by atoms with Crippen molar-refractivity contribution >= 4 is 17.3 Å². The Hall–Kier alpha value is -1.95. The Labute approximate surface area is 124 Å². The summed E-state index contributed by atoms with van der Waals surface area (Å²) in [6.45, 7) is 3.54. The van der Waals surface area contributed by atoms with Crippen molar-refractivity contribution in [3.63, 3.8) is 0 Å². The Kier molecular flexibility index (Phi) is 4.90. The Morgan fingerprint density at radius 3 is 2.86 bits per heavy atom. The molecule has 114 valence electrons. The predicted molar refractivity (Wildman–Crippen MR) is 81.5 cm³/mol. The molecular formula is C15H21N3O3. The van der Waals surface area contributed by atoms with Crippen LogP contribution in [0.3, 0.4) is 0 Å². The molecule has 0 spiro atoms. The Bertz CT molecular complexity index is 545. The maximum absolute atomic E-state index is 12.3. The number of carbonyl (C=O) groups excluding carboxylic acids is 1. The summed E-state index contributed by atoms with van der Waals surface area (Å²) in [6, 6.07) is 4.79. The number of rotatable bonds is 5. The fourth-order valence-corrected chi connectivity index (χ4v) is 2.77. The first-order valence-electron chi connectivity index (χ1n) is 7.25. The molecule has 1 atom stereocenters. The molecule has 0 fully saturated rings. The van der Waals surface area contributed by atoms with Crippen LogP contribution in [-0.2, 0) is 11.2 Å². The number of benzene rings is 1. The fourth-order valence-electron chi connectivity index (χ4n) is 2.77. The number of hydrogen-bond acceptors (Lipinski definition) is 4. The zero-order chi connectivity index (χ0) is 15.4. The van der Waals surface area contributed by atoms with Gasteiger partial charge >= 0.3 is 0 Å². The van der Waals surface area contributed by atoms with Crippen molar-refractivity contribution in [2.75, 3.05) is 25.0 Å². The van der Waals surface area contributed by atoms with Gasteiger partial charge in [0.25, 0.3) is 5.69 Å². The molecule has 0 bridgehead atoms. The smallest absolute Gasteiger partial charge is 0.269 e. The molecule has 0 aromatic heterocycles. The van der Waals surface area contributed by atoms with Crippen molar-refractivity contribution < 1.29 is 9.72 Å². The van der Waals surface area contributed by atoms with E-state index in [1.165, 1.54) is 6.07 Å². The molecule has 0 saturated heterocycles. The van der Waals surface area contributed by atoms with Crippen LogP contribution in [0.2, 0.25) is 0 Å². The van der Waals surface area contributed by atoms with Crippen LogP contribution in [0.25, 0.3) is 0 Å². The van der Waals surface area contributed by atoms with Gasteiger partial charge in [-0.1, -0.05) is 6.92 Å². The van der Waals surface area contributed by atoms with Crippen molar-refractivity contribution in [1.29, 1.82) is 0 Å². The van der Waals surface area contributed by atoms with Gasteiger partial charge in [-0.25, -0.2) is 0 Å². The molecular weight excluding hydrogens is 270 g/mol. The number of amides is 1. The second-order valence-electron chi connectivity index (χ2n) is 5.59. The van der Waals surface area contributed by atoms with E-state index in [0.717, 1.165) is 24.2 Å². The number of nitrogens with zero attached hydrogens (tertiary/aromatic N) is 2. The summed E-state index contributed by atoms with van der Waals surface area (Å²) >= 11 is 0. The number of hydrogen-bond donors (Lipinski definition) is 1. The fraction of sp³-hybridized carbons (Fsp3) is 0.533. The van der Waals surface area contributed by atoms with E-state index >= 15 is 0 Å². The van der Waals surface area contributed by atoms with Gasteiger partial charge < -0.3 is 10.2 Å². The molecule has 1 amide bonds. The molecule has 1 unspecified atom stereocenters. The van der Waals surface area contributed by atoms with Crippen LogP contribution in [0.15, 0.2) is 18.2 Å². The monoisotopic (exact) mass is 291 g/mol. The molecule has 1 aliphatic heterocycles. The lowest BCUT2D eigenvalue weighted by molar-refractivity contribution is -0.384. The summed E-state index contributed by atoms with van der Waals surface area (Å²) in [5.41, 5.74) is 1.81. The minimum Gasteiger partial charge on any atom is -0.319 e. The third kappa shape index (κ3) is 3.58. The number of fused-ring (bicyclic) bond motifs is 1. The number of anilines is 1. The van der Waals surface area contributed by atoms with Gasteiger partial charge in [-0.15, -0.1) is 0 Å². The third-order valence-electron chi connectivity index (χ3n) is 3.75. The van der Waals surface area contributed by atoms with Gasteiger partial charge in [0.1, 0.15) is 0 Å². The van der Waals surface area contributed by atoms with Crippen molar-refractivity contribution in [1.82, 2.24) is 5.32 Å². The van der Waals surface area contributed by atoms with Crippen LogP contribution < -0.4 is 10.2 Å². The van der Waals surface area contributed by atoms with Crippen LogP contribution >= 0.6 is 0 Å². The number of aryl methyl sites for hydroxylation is 1. The van der Waals surface area contributed by atoms with Crippen LogP contribution in [0.4, 0.5) is 11.4 Å². The first kappa shape index (κ1) is 15.4. The molecule has 0 saturated carbocycles. The van der Waals surface area contributed by atoms with E-state index in [1.807, 2.05) is 7.05 Å². The first-order chi connectivity index (χ1) is 10.0. The number of nitro benzene ring substituents is 1. The molecule has 2 rings (SSSR count). The van der Waals surface area contributed by atoms with Crippen LogP contribution in [0.1, 0.15) is 25.3 Å². The van der Waals surface area contributed by atoms with Gasteiger partial charge in [0.2, 0.25) is 5.91 Å². The zero-order valence-corrected chi connectivity index (χ0v) is 12.5. The lowest BCUT2D eigenvalue weighted by Crippen LogP contribution is -2.37. The summed E-state index contributed by atoms with van der Waals surface area (Å²) in [5.74, 6) is 0.422. The molecule has 6 heteroatoms. The highest BCUT2D eigenvalue weighted by molar-refractivity contribution is 5.95. The summed E-state index contributed by atoms with van der Waals surface area (Å²) in [4.78, 5) is 24.6. The van der Waals surface area contributed by atoms with Gasteiger partial charge in [0, 0.05) is 30.8 Å². The molecule has 0 radical (unpaired) electrons. The highest BCUT2D eigenvalue weighted by atomic mass is 16.6. The van der Waals surface area contributed by atoms with Crippen molar-refractivity contribution in [3.8, 4) is 0 Å².